The van der Waals surface area contributed by atoms with Gasteiger partial charge < -0.3 is 5.32 Å². The van der Waals surface area contributed by atoms with Crippen LogP contribution in [0.1, 0.15) is 32.1 Å². The third kappa shape index (κ3) is 3.80. The standard InChI is InChI=1S/C11H21N3S/c1-5-9(3)14(4)8-10-7-13-11(15-10)12-6-2/h7,9H,5-6,8H2,1-4H3,(H,12,13). The van der Waals surface area contributed by atoms with Gasteiger partial charge in [-0.05, 0) is 27.3 Å². The second kappa shape index (κ2) is 6.08. The molecule has 0 aliphatic rings. The van der Waals surface area contributed by atoms with Crippen LogP contribution in [0.2, 0.25) is 0 Å². The lowest BCUT2D eigenvalue weighted by Crippen LogP contribution is -2.27. The van der Waals surface area contributed by atoms with Gasteiger partial charge in [0.15, 0.2) is 5.13 Å². The van der Waals surface area contributed by atoms with E-state index in [0.717, 1.165) is 18.2 Å². The Morgan fingerprint density at radius 2 is 2.27 bits per heavy atom. The van der Waals surface area contributed by atoms with E-state index >= 15 is 0 Å². The summed E-state index contributed by atoms with van der Waals surface area (Å²) in [5.41, 5.74) is 0. The van der Waals surface area contributed by atoms with Crippen LogP contribution in [0.5, 0.6) is 0 Å². The van der Waals surface area contributed by atoms with Gasteiger partial charge in [0.1, 0.15) is 0 Å². The number of nitrogens with one attached hydrogen (secondary N) is 1. The fraction of sp³-hybridized carbons (Fsp3) is 0.727. The van der Waals surface area contributed by atoms with Crippen LogP contribution in [0.15, 0.2) is 6.20 Å². The monoisotopic (exact) mass is 227 g/mol. The molecule has 1 atom stereocenters. The number of hydrogen-bond acceptors (Lipinski definition) is 4. The highest BCUT2D eigenvalue weighted by atomic mass is 32.1. The normalized spacial score (nSPS) is 13.1. The molecule has 1 heterocycles. The minimum absolute atomic E-state index is 0.634. The van der Waals surface area contributed by atoms with E-state index in [1.165, 1.54) is 11.3 Å². The summed E-state index contributed by atoms with van der Waals surface area (Å²) in [5.74, 6) is 0. The van der Waals surface area contributed by atoms with Crippen LogP contribution < -0.4 is 5.32 Å². The highest BCUT2D eigenvalue weighted by molar-refractivity contribution is 7.15. The molecule has 1 aromatic heterocycles. The topological polar surface area (TPSA) is 28.2 Å². The molecule has 15 heavy (non-hydrogen) atoms. The molecule has 0 radical (unpaired) electrons. The van der Waals surface area contributed by atoms with Crippen molar-refractivity contribution in [1.29, 1.82) is 0 Å². The van der Waals surface area contributed by atoms with Gasteiger partial charge in [-0.2, -0.15) is 0 Å². The Balaban J connectivity index is 2.49. The van der Waals surface area contributed by atoms with Crippen molar-refractivity contribution >= 4 is 16.5 Å². The summed E-state index contributed by atoms with van der Waals surface area (Å²) in [6, 6.07) is 0.634. The van der Waals surface area contributed by atoms with Crippen molar-refractivity contribution < 1.29 is 0 Å². The Morgan fingerprint density at radius 1 is 1.53 bits per heavy atom. The van der Waals surface area contributed by atoms with Crippen LogP contribution in [-0.4, -0.2) is 29.5 Å². The van der Waals surface area contributed by atoms with E-state index in [0.29, 0.717) is 6.04 Å². The summed E-state index contributed by atoms with van der Waals surface area (Å²) in [5, 5.41) is 4.27. The molecule has 0 aliphatic heterocycles. The summed E-state index contributed by atoms with van der Waals surface area (Å²) in [6.45, 7) is 8.50. The van der Waals surface area contributed by atoms with Gasteiger partial charge in [0.05, 0.1) is 0 Å². The van der Waals surface area contributed by atoms with Gasteiger partial charge in [0.2, 0.25) is 0 Å². The lowest BCUT2D eigenvalue weighted by molar-refractivity contribution is 0.246. The van der Waals surface area contributed by atoms with Gasteiger partial charge in [-0.25, -0.2) is 4.98 Å². The summed E-state index contributed by atoms with van der Waals surface area (Å²) in [6.07, 6.45) is 3.16. The Bertz CT molecular complexity index is 285. The Hall–Kier alpha value is -0.610. The number of thiazole rings is 1. The first-order valence-corrected chi connectivity index (χ1v) is 6.37. The first-order valence-electron chi connectivity index (χ1n) is 5.56. The molecule has 0 spiro atoms. The summed E-state index contributed by atoms with van der Waals surface area (Å²) < 4.78 is 0. The van der Waals surface area contributed by atoms with Crippen LogP contribution in [0.3, 0.4) is 0 Å². The SMILES string of the molecule is CCNc1ncc(CN(C)C(C)CC)s1. The lowest BCUT2D eigenvalue weighted by atomic mass is 10.2. The van der Waals surface area contributed by atoms with Gasteiger partial charge in [-0.3, -0.25) is 4.90 Å². The van der Waals surface area contributed by atoms with Crippen LogP contribution in [0, 0.1) is 0 Å². The molecule has 86 valence electrons. The molecule has 0 bridgehead atoms. The quantitative estimate of drug-likeness (QED) is 0.810. The predicted octanol–water partition coefficient (Wildman–Crippen LogP) is 2.81. The number of nitrogens with zero attached hydrogens (tertiary/aromatic N) is 2. The molecule has 1 rings (SSSR count). The zero-order valence-electron chi connectivity index (χ0n) is 10.1. The predicted molar refractivity (Wildman–Crippen MR) is 67.5 cm³/mol. The summed E-state index contributed by atoms with van der Waals surface area (Å²) in [7, 11) is 2.17. The largest absolute Gasteiger partial charge is 0.362 e. The molecule has 3 nitrogen and oxygen atoms in total. The minimum Gasteiger partial charge on any atom is -0.362 e. The van der Waals surface area contributed by atoms with Gasteiger partial charge in [-0.15, -0.1) is 11.3 Å². The third-order valence-electron chi connectivity index (χ3n) is 2.63. The second-order valence-corrected chi connectivity index (χ2v) is 4.95. The fourth-order valence-electron chi connectivity index (χ4n) is 1.33. The van der Waals surface area contributed by atoms with Crippen LogP contribution in [0.4, 0.5) is 5.13 Å². The van der Waals surface area contributed by atoms with E-state index in [9.17, 15) is 0 Å². The maximum atomic E-state index is 4.32. The molecular formula is C11H21N3S. The first kappa shape index (κ1) is 12.5. The number of rotatable bonds is 6. The minimum atomic E-state index is 0.634. The van der Waals surface area contributed by atoms with Crippen molar-refractivity contribution in [3.8, 4) is 0 Å². The van der Waals surface area contributed by atoms with E-state index in [1.54, 1.807) is 11.3 Å². The molecule has 0 saturated carbocycles. The molecular weight excluding hydrogens is 206 g/mol. The summed E-state index contributed by atoms with van der Waals surface area (Å²) in [4.78, 5) is 8.02. The second-order valence-electron chi connectivity index (χ2n) is 3.83. The van der Waals surface area contributed by atoms with E-state index in [2.05, 4.69) is 43.0 Å². The van der Waals surface area contributed by atoms with Crippen LogP contribution in [-0.2, 0) is 6.54 Å². The van der Waals surface area contributed by atoms with Crippen LogP contribution in [0.25, 0.3) is 0 Å². The molecule has 0 saturated heterocycles. The van der Waals surface area contributed by atoms with Crippen molar-refractivity contribution in [2.24, 2.45) is 0 Å². The van der Waals surface area contributed by atoms with Crippen molar-refractivity contribution in [3.05, 3.63) is 11.1 Å². The average Bonchev–Trinajstić information content (AvgIpc) is 2.65. The Morgan fingerprint density at radius 3 is 2.87 bits per heavy atom. The molecule has 0 aromatic carbocycles. The average molecular weight is 227 g/mol. The molecule has 4 heteroatoms. The first-order chi connectivity index (χ1) is 7.17. The van der Waals surface area contributed by atoms with E-state index in [-0.39, 0.29) is 0 Å². The summed E-state index contributed by atoms with van der Waals surface area (Å²) >= 11 is 1.75. The maximum absolute atomic E-state index is 4.32. The molecule has 0 fully saturated rings. The zero-order chi connectivity index (χ0) is 11.3. The van der Waals surface area contributed by atoms with Gasteiger partial charge >= 0.3 is 0 Å². The van der Waals surface area contributed by atoms with Crippen LogP contribution >= 0.6 is 11.3 Å². The molecule has 1 aromatic rings. The van der Waals surface area contributed by atoms with Crippen molar-refractivity contribution in [2.75, 3.05) is 18.9 Å². The Labute approximate surface area is 96.5 Å². The highest BCUT2D eigenvalue weighted by Gasteiger charge is 2.09. The number of aromatic nitrogens is 1. The van der Waals surface area contributed by atoms with Crippen molar-refractivity contribution in [2.45, 2.75) is 39.8 Å². The smallest absolute Gasteiger partial charge is 0.182 e. The van der Waals surface area contributed by atoms with Gasteiger partial charge in [-0.1, -0.05) is 6.92 Å². The molecule has 0 amide bonds. The van der Waals surface area contributed by atoms with E-state index in [4.69, 9.17) is 0 Å². The van der Waals surface area contributed by atoms with Crippen molar-refractivity contribution in [1.82, 2.24) is 9.88 Å². The number of hydrogen-bond donors (Lipinski definition) is 1. The van der Waals surface area contributed by atoms with E-state index in [1.807, 2.05) is 6.20 Å². The third-order valence-corrected chi connectivity index (χ3v) is 3.57. The maximum Gasteiger partial charge on any atom is 0.182 e. The van der Waals surface area contributed by atoms with Crippen molar-refractivity contribution in [3.63, 3.8) is 0 Å². The van der Waals surface area contributed by atoms with Gasteiger partial charge in [0.25, 0.3) is 0 Å². The Kier molecular flexibility index (Phi) is 5.05. The zero-order valence-corrected chi connectivity index (χ0v) is 10.9. The molecule has 0 aliphatic carbocycles. The lowest BCUT2D eigenvalue weighted by Gasteiger charge is -2.22. The number of anilines is 1. The highest BCUT2D eigenvalue weighted by Crippen LogP contribution is 2.19. The fourth-order valence-corrected chi connectivity index (χ4v) is 2.27. The van der Waals surface area contributed by atoms with Gasteiger partial charge in [0, 0.05) is 30.2 Å². The van der Waals surface area contributed by atoms with E-state index < -0.39 is 0 Å². The molecule has 1 unspecified atom stereocenters. The molecule has 1 N–H and O–H groups in total.